The lowest BCUT2D eigenvalue weighted by Crippen LogP contribution is -2.16. The molecule has 0 spiro atoms. The average molecular weight is 225 g/mol. The van der Waals surface area contributed by atoms with Gasteiger partial charge in [-0.05, 0) is 25.5 Å². The van der Waals surface area contributed by atoms with Crippen molar-refractivity contribution in [2.24, 2.45) is 0 Å². The zero-order chi connectivity index (χ0) is 12.1. The maximum absolute atomic E-state index is 11.2. The Hall–Kier alpha value is -1.75. The number of ether oxygens (including phenoxy) is 1. The van der Waals surface area contributed by atoms with Crippen LogP contribution in [0.4, 0.5) is 10.5 Å². The zero-order valence-corrected chi connectivity index (χ0v) is 9.28. The largest absolute Gasteiger partial charge is 0.507 e. The summed E-state index contributed by atoms with van der Waals surface area (Å²) in [5, 5.41) is 20.6. The molecule has 0 unspecified atom stereocenters. The predicted octanol–water partition coefficient (Wildman–Crippen LogP) is 1.55. The Labute approximate surface area is 93.7 Å². The number of rotatable bonds is 3. The molecule has 5 heteroatoms. The number of amides is 1. The van der Waals surface area contributed by atoms with Crippen LogP contribution in [0.5, 0.6) is 5.75 Å². The Morgan fingerprint density at radius 2 is 2.12 bits per heavy atom. The van der Waals surface area contributed by atoms with E-state index in [1.54, 1.807) is 26.0 Å². The normalized spacial score (nSPS) is 9.94. The van der Waals surface area contributed by atoms with E-state index in [9.17, 15) is 9.90 Å². The summed E-state index contributed by atoms with van der Waals surface area (Å²) in [5.41, 5.74) is 1.82. The highest BCUT2D eigenvalue weighted by molar-refractivity contribution is 5.86. The number of aromatic hydroxyl groups is 1. The molecule has 0 aliphatic carbocycles. The number of aryl methyl sites for hydroxylation is 1. The van der Waals surface area contributed by atoms with E-state index in [1.807, 2.05) is 0 Å². The van der Waals surface area contributed by atoms with E-state index in [1.165, 1.54) is 0 Å². The van der Waals surface area contributed by atoms with Crippen molar-refractivity contribution >= 4 is 11.8 Å². The van der Waals surface area contributed by atoms with Crippen molar-refractivity contribution < 1.29 is 19.7 Å². The van der Waals surface area contributed by atoms with Crippen molar-refractivity contribution in [3.63, 3.8) is 0 Å². The third-order valence-corrected chi connectivity index (χ3v) is 2.19. The molecule has 0 atom stereocenters. The summed E-state index contributed by atoms with van der Waals surface area (Å²) in [4.78, 5) is 11.2. The maximum Gasteiger partial charge on any atom is 0.411 e. The molecule has 0 heterocycles. The molecule has 1 rings (SSSR count). The number of carbonyl (C=O) groups excluding carboxylic acids is 1. The van der Waals surface area contributed by atoms with Gasteiger partial charge in [0.15, 0.2) is 0 Å². The van der Waals surface area contributed by atoms with Gasteiger partial charge in [0.1, 0.15) is 12.4 Å². The fourth-order valence-corrected chi connectivity index (χ4v) is 1.26. The standard InChI is InChI=1S/C11H15NO4/c1-7-3-4-9(8(2)10(7)14)12-11(15)16-6-5-13/h3-4,13-14H,5-6H2,1-2H3,(H,12,15). The summed E-state index contributed by atoms with van der Waals surface area (Å²) in [6.45, 7) is 3.20. The van der Waals surface area contributed by atoms with Gasteiger partial charge in [0.05, 0.1) is 12.3 Å². The van der Waals surface area contributed by atoms with E-state index in [0.717, 1.165) is 5.56 Å². The first-order valence-electron chi connectivity index (χ1n) is 4.90. The number of carbonyl (C=O) groups is 1. The second-order valence-corrected chi connectivity index (χ2v) is 3.39. The molecule has 0 aromatic heterocycles. The second-order valence-electron chi connectivity index (χ2n) is 3.39. The number of phenols is 1. The van der Waals surface area contributed by atoms with Gasteiger partial charge in [0, 0.05) is 5.56 Å². The monoisotopic (exact) mass is 225 g/mol. The quantitative estimate of drug-likeness (QED) is 0.729. The lowest BCUT2D eigenvalue weighted by Gasteiger charge is -2.11. The number of aliphatic hydroxyl groups is 1. The van der Waals surface area contributed by atoms with Crippen molar-refractivity contribution in [2.45, 2.75) is 13.8 Å². The van der Waals surface area contributed by atoms with Crippen molar-refractivity contribution in [2.75, 3.05) is 18.5 Å². The molecule has 5 nitrogen and oxygen atoms in total. The molecule has 3 N–H and O–H groups in total. The number of hydrogen-bond donors (Lipinski definition) is 3. The van der Waals surface area contributed by atoms with Gasteiger partial charge in [-0.25, -0.2) is 4.79 Å². The number of aliphatic hydroxyl groups excluding tert-OH is 1. The van der Waals surface area contributed by atoms with Crippen LogP contribution in [0.15, 0.2) is 12.1 Å². The molecule has 0 saturated heterocycles. The van der Waals surface area contributed by atoms with Gasteiger partial charge in [-0.15, -0.1) is 0 Å². The first-order chi connectivity index (χ1) is 7.56. The van der Waals surface area contributed by atoms with Gasteiger partial charge in [-0.2, -0.15) is 0 Å². The van der Waals surface area contributed by atoms with Crippen molar-refractivity contribution in [3.8, 4) is 5.75 Å². The summed E-state index contributed by atoms with van der Waals surface area (Å²) in [6.07, 6.45) is -0.652. The molecule has 0 bridgehead atoms. The topological polar surface area (TPSA) is 78.8 Å². The first kappa shape index (κ1) is 12.3. The fourth-order valence-electron chi connectivity index (χ4n) is 1.26. The van der Waals surface area contributed by atoms with E-state index < -0.39 is 6.09 Å². The number of nitrogens with one attached hydrogen (secondary N) is 1. The molecule has 0 radical (unpaired) electrons. The first-order valence-corrected chi connectivity index (χ1v) is 4.90. The Balaban J connectivity index is 2.74. The maximum atomic E-state index is 11.2. The summed E-state index contributed by atoms with van der Waals surface area (Å²) in [5.74, 6) is 0.153. The highest BCUT2D eigenvalue weighted by Crippen LogP contribution is 2.27. The highest BCUT2D eigenvalue weighted by atomic mass is 16.6. The molecule has 1 aromatic rings. The third-order valence-electron chi connectivity index (χ3n) is 2.19. The van der Waals surface area contributed by atoms with E-state index in [2.05, 4.69) is 10.1 Å². The van der Waals surface area contributed by atoms with Gasteiger partial charge in [0.25, 0.3) is 0 Å². The van der Waals surface area contributed by atoms with Crippen LogP contribution in [0.25, 0.3) is 0 Å². The Morgan fingerprint density at radius 3 is 2.75 bits per heavy atom. The molecule has 0 aliphatic heterocycles. The Morgan fingerprint density at radius 1 is 1.44 bits per heavy atom. The molecule has 1 aromatic carbocycles. The van der Waals surface area contributed by atoms with E-state index in [4.69, 9.17) is 5.11 Å². The van der Waals surface area contributed by atoms with Crippen LogP contribution in [0.1, 0.15) is 11.1 Å². The number of phenolic OH excluding ortho intramolecular Hbond substituents is 1. The third kappa shape index (κ3) is 2.87. The van der Waals surface area contributed by atoms with E-state index in [0.29, 0.717) is 11.3 Å². The average Bonchev–Trinajstić information content (AvgIpc) is 2.27. The minimum Gasteiger partial charge on any atom is -0.507 e. The molecular weight excluding hydrogens is 210 g/mol. The predicted molar refractivity (Wildman–Crippen MR) is 59.6 cm³/mol. The van der Waals surface area contributed by atoms with Gasteiger partial charge >= 0.3 is 6.09 Å². The molecule has 0 saturated carbocycles. The van der Waals surface area contributed by atoms with Crippen LogP contribution >= 0.6 is 0 Å². The Bertz CT molecular complexity index is 390. The second kappa shape index (κ2) is 5.37. The van der Waals surface area contributed by atoms with Crippen LogP contribution in [-0.4, -0.2) is 29.5 Å². The summed E-state index contributed by atoms with van der Waals surface area (Å²) >= 11 is 0. The minimum atomic E-state index is -0.652. The van der Waals surface area contributed by atoms with Crippen LogP contribution in [0, 0.1) is 13.8 Å². The van der Waals surface area contributed by atoms with Gasteiger partial charge < -0.3 is 14.9 Å². The van der Waals surface area contributed by atoms with Crippen LogP contribution in [0.3, 0.4) is 0 Å². The molecule has 0 aliphatic rings. The SMILES string of the molecule is Cc1ccc(NC(=O)OCCO)c(C)c1O. The van der Waals surface area contributed by atoms with Crippen LogP contribution < -0.4 is 5.32 Å². The minimum absolute atomic E-state index is 0.0529. The molecule has 1 amide bonds. The summed E-state index contributed by atoms with van der Waals surface area (Å²) in [6, 6.07) is 3.38. The number of anilines is 1. The number of hydrogen-bond acceptors (Lipinski definition) is 4. The van der Waals surface area contributed by atoms with Crippen LogP contribution in [0.2, 0.25) is 0 Å². The summed E-state index contributed by atoms with van der Waals surface area (Å²) in [7, 11) is 0. The van der Waals surface area contributed by atoms with Crippen molar-refractivity contribution in [1.82, 2.24) is 0 Å². The lowest BCUT2D eigenvalue weighted by molar-refractivity contribution is 0.131. The van der Waals surface area contributed by atoms with Crippen LogP contribution in [-0.2, 0) is 4.74 Å². The van der Waals surface area contributed by atoms with Gasteiger partial charge in [-0.3, -0.25) is 5.32 Å². The Kier molecular flexibility index (Phi) is 4.13. The van der Waals surface area contributed by atoms with Gasteiger partial charge in [0.2, 0.25) is 0 Å². The molecule has 0 fully saturated rings. The van der Waals surface area contributed by atoms with Crippen molar-refractivity contribution in [3.05, 3.63) is 23.3 Å². The summed E-state index contributed by atoms with van der Waals surface area (Å²) < 4.78 is 4.64. The smallest absolute Gasteiger partial charge is 0.411 e. The van der Waals surface area contributed by atoms with E-state index >= 15 is 0 Å². The highest BCUT2D eigenvalue weighted by Gasteiger charge is 2.09. The fraction of sp³-hybridized carbons (Fsp3) is 0.364. The lowest BCUT2D eigenvalue weighted by atomic mass is 10.1. The van der Waals surface area contributed by atoms with E-state index in [-0.39, 0.29) is 19.0 Å². The number of benzene rings is 1. The van der Waals surface area contributed by atoms with Crippen molar-refractivity contribution in [1.29, 1.82) is 0 Å². The zero-order valence-electron chi connectivity index (χ0n) is 9.28. The van der Waals surface area contributed by atoms with Gasteiger partial charge in [-0.1, -0.05) is 6.07 Å². The molecular formula is C11H15NO4. The molecule has 88 valence electrons. The molecule has 16 heavy (non-hydrogen) atoms.